The summed E-state index contributed by atoms with van der Waals surface area (Å²) < 4.78 is 14.4. The highest BCUT2D eigenvalue weighted by atomic mass is 79.9. The normalized spacial score (nSPS) is 19.5. The van der Waals surface area contributed by atoms with Gasteiger partial charge in [0.1, 0.15) is 5.82 Å². The van der Waals surface area contributed by atoms with Gasteiger partial charge < -0.3 is 4.90 Å². The Morgan fingerprint density at radius 3 is 2.95 bits per heavy atom. The van der Waals surface area contributed by atoms with Crippen molar-refractivity contribution < 1.29 is 9.18 Å². The SMILES string of the molecule is CCCC1CCCCN1C(=O)c1c(F)cccc1Br. The van der Waals surface area contributed by atoms with Gasteiger partial charge in [0.2, 0.25) is 0 Å². The van der Waals surface area contributed by atoms with Crippen molar-refractivity contribution in [2.45, 2.75) is 45.1 Å². The van der Waals surface area contributed by atoms with E-state index in [2.05, 4.69) is 22.9 Å². The number of hydrogen-bond donors (Lipinski definition) is 0. The molecule has 0 radical (unpaired) electrons. The fraction of sp³-hybridized carbons (Fsp3) is 0.533. The van der Waals surface area contributed by atoms with Crippen molar-refractivity contribution in [1.29, 1.82) is 0 Å². The van der Waals surface area contributed by atoms with Gasteiger partial charge in [0.25, 0.3) is 5.91 Å². The van der Waals surface area contributed by atoms with Crippen LogP contribution in [0, 0.1) is 5.82 Å². The molecule has 0 bridgehead atoms. The van der Waals surface area contributed by atoms with Gasteiger partial charge in [-0.15, -0.1) is 0 Å². The summed E-state index contributed by atoms with van der Waals surface area (Å²) in [6.07, 6.45) is 5.25. The molecular weight excluding hydrogens is 309 g/mol. The van der Waals surface area contributed by atoms with E-state index in [1.807, 2.05) is 4.90 Å². The summed E-state index contributed by atoms with van der Waals surface area (Å²) in [5.74, 6) is -0.622. The van der Waals surface area contributed by atoms with Gasteiger partial charge >= 0.3 is 0 Å². The van der Waals surface area contributed by atoms with Crippen molar-refractivity contribution in [3.05, 3.63) is 34.1 Å². The first-order valence-electron chi connectivity index (χ1n) is 6.90. The van der Waals surface area contributed by atoms with Gasteiger partial charge in [-0.25, -0.2) is 4.39 Å². The van der Waals surface area contributed by atoms with Crippen molar-refractivity contribution in [1.82, 2.24) is 4.90 Å². The largest absolute Gasteiger partial charge is 0.336 e. The molecule has 2 nitrogen and oxygen atoms in total. The molecule has 4 heteroatoms. The lowest BCUT2D eigenvalue weighted by atomic mass is 9.97. The number of carbonyl (C=O) groups excluding carboxylic acids is 1. The standard InChI is InChI=1S/C15H19BrFNO/c1-2-6-11-7-3-4-10-18(11)15(19)14-12(16)8-5-9-13(14)17/h5,8-9,11H,2-4,6-7,10H2,1H3. The number of likely N-dealkylation sites (tertiary alicyclic amines) is 1. The number of carbonyl (C=O) groups is 1. The van der Waals surface area contributed by atoms with Gasteiger partial charge in [-0.3, -0.25) is 4.79 Å². The maximum Gasteiger partial charge on any atom is 0.258 e. The van der Waals surface area contributed by atoms with Crippen molar-refractivity contribution >= 4 is 21.8 Å². The Morgan fingerprint density at radius 1 is 1.47 bits per heavy atom. The average Bonchev–Trinajstić information content (AvgIpc) is 2.39. The van der Waals surface area contributed by atoms with Crippen LogP contribution in [-0.2, 0) is 0 Å². The Balaban J connectivity index is 2.26. The van der Waals surface area contributed by atoms with E-state index in [-0.39, 0.29) is 17.5 Å². The van der Waals surface area contributed by atoms with Crippen LogP contribution in [0.1, 0.15) is 49.4 Å². The van der Waals surface area contributed by atoms with E-state index in [1.165, 1.54) is 6.07 Å². The minimum absolute atomic E-state index is 0.172. The van der Waals surface area contributed by atoms with E-state index in [4.69, 9.17) is 0 Å². The third kappa shape index (κ3) is 3.16. The zero-order valence-electron chi connectivity index (χ0n) is 11.2. The Bertz CT molecular complexity index is 441. The monoisotopic (exact) mass is 327 g/mol. The van der Waals surface area contributed by atoms with Crippen molar-refractivity contribution in [2.24, 2.45) is 0 Å². The maximum absolute atomic E-state index is 13.9. The van der Waals surface area contributed by atoms with E-state index in [0.717, 1.165) is 38.6 Å². The molecule has 1 amide bonds. The number of halogens is 2. The minimum Gasteiger partial charge on any atom is -0.336 e. The second-order valence-electron chi connectivity index (χ2n) is 5.03. The van der Waals surface area contributed by atoms with Crippen LogP contribution in [0.4, 0.5) is 4.39 Å². The molecule has 1 unspecified atom stereocenters. The fourth-order valence-electron chi connectivity index (χ4n) is 2.75. The molecule has 1 atom stereocenters. The van der Waals surface area contributed by atoms with E-state index >= 15 is 0 Å². The molecule has 0 N–H and O–H groups in total. The molecule has 1 aliphatic rings. The summed E-state index contributed by atoms with van der Waals surface area (Å²) in [6, 6.07) is 4.93. The summed E-state index contributed by atoms with van der Waals surface area (Å²) in [4.78, 5) is 14.4. The Hall–Kier alpha value is -0.900. The number of amides is 1. The van der Waals surface area contributed by atoms with Crippen LogP contribution in [-0.4, -0.2) is 23.4 Å². The molecule has 1 aromatic rings. The van der Waals surface area contributed by atoms with Crippen molar-refractivity contribution in [3.8, 4) is 0 Å². The molecular formula is C15H19BrFNO. The van der Waals surface area contributed by atoms with Gasteiger partial charge in [0.05, 0.1) is 5.56 Å². The second-order valence-corrected chi connectivity index (χ2v) is 5.89. The molecule has 0 saturated carbocycles. The van der Waals surface area contributed by atoms with Crippen LogP contribution in [0.15, 0.2) is 22.7 Å². The quantitative estimate of drug-likeness (QED) is 0.806. The molecule has 1 aromatic carbocycles. The minimum atomic E-state index is -0.444. The summed E-state index contributed by atoms with van der Waals surface area (Å²) in [7, 11) is 0. The topological polar surface area (TPSA) is 20.3 Å². The lowest BCUT2D eigenvalue weighted by Crippen LogP contribution is -2.44. The number of piperidine rings is 1. The highest BCUT2D eigenvalue weighted by Gasteiger charge is 2.29. The summed E-state index contributed by atoms with van der Waals surface area (Å²) in [5.41, 5.74) is 0.172. The Morgan fingerprint density at radius 2 is 2.26 bits per heavy atom. The van der Waals surface area contributed by atoms with Crippen LogP contribution < -0.4 is 0 Å². The summed E-state index contributed by atoms with van der Waals surface area (Å²) in [6.45, 7) is 2.86. The highest BCUT2D eigenvalue weighted by Crippen LogP contribution is 2.27. The van der Waals surface area contributed by atoms with Gasteiger partial charge in [0, 0.05) is 17.1 Å². The highest BCUT2D eigenvalue weighted by molar-refractivity contribution is 9.10. The van der Waals surface area contributed by atoms with Gasteiger partial charge in [-0.2, -0.15) is 0 Å². The van der Waals surface area contributed by atoms with Crippen LogP contribution >= 0.6 is 15.9 Å². The Kier molecular flexibility index (Phi) is 4.97. The van der Waals surface area contributed by atoms with E-state index in [9.17, 15) is 9.18 Å². The zero-order chi connectivity index (χ0) is 13.8. The Labute approximate surface area is 122 Å². The molecule has 0 spiro atoms. The summed E-state index contributed by atoms with van der Waals surface area (Å²) in [5, 5.41) is 0. The molecule has 1 aliphatic heterocycles. The average molecular weight is 328 g/mol. The predicted octanol–water partition coefficient (Wildman–Crippen LogP) is 4.38. The smallest absolute Gasteiger partial charge is 0.258 e. The molecule has 104 valence electrons. The second kappa shape index (κ2) is 6.51. The van der Waals surface area contributed by atoms with E-state index in [0.29, 0.717) is 4.47 Å². The molecule has 19 heavy (non-hydrogen) atoms. The maximum atomic E-state index is 13.9. The summed E-state index contributed by atoms with van der Waals surface area (Å²) >= 11 is 3.29. The fourth-order valence-corrected chi connectivity index (χ4v) is 3.26. The van der Waals surface area contributed by atoms with Crippen LogP contribution in [0.5, 0.6) is 0 Å². The van der Waals surface area contributed by atoms with Crippen molar-refractivity contribution in [3.63, 3.8) is 0 Å². The van der Waals surface area contributed by atoms with Gasteiger partial charge in [0.15, 0.2) is 0 Å². The van der Waals surface area contributed by atoms with E-state index in [1.54, 1.807) is 12.1 Å². The molecule has 1 fully saturated rings. The lowest BCUT2D eigenvalue weighted by Gasteiger charge is -2.36. The molecule has 2 rings (SSSR count). The first-order chi connectivity index (χ1) is 9.15. The van der Waals surface area contributed by atoms with Crippen LogP contribution in [0.3, 0.4) is 0 Å². The van der Waals surface area contributed by atoms with Crippen LogP contribution in [0.2, 0.25) is 0 Å². The first-order valence-corrected chi connectivity index (χ1v) is 7.69. The first kappa shape index (κ1) is 14.5. The van der Waals surface area contributed by atoms with E-state index < -0.39 is 5.82 Å². The molecule has 0 aromatic heterocycles. The van der Waals surface area contributed by atoms with Gasteiger partial charge in [-0.1, -0.05) is 19.4 Å². The lowest BCUT2D eigenvalue weighted by molar-refractivity contribution is 0.0595. The number of benzene rings is 1. The van der Waals surface area contributed by atoms with Gasteiger partial charge in [-0.05, 0) is 53.7 Å². The zero-order valence-corrected chi connectivity index (χ0v) is 12.7. The molecule has 0 aliphatic carbocycles. The number of hydrogen-bond acceptors (Lipinski definition) is 1. The third-order valence-electron chi connectivity index (χ3n) is 3.69. The molecule has 1 heterocycles. The number of rotatable bonds is 3. The van der Waals surface area contributed by atoms with Crippen LogP contribution in [0.25, 0.3) is 0 Å². The molecule has 1 saturated heterocycles. The third-order valence-corrected chi connectivity index (χ3v) is 4.35. The predicted molar refractivity (Wildman–Crippen MR) is 77.7 cm³/mol. The van der Waals surface area contributed by atoms with Crippen molar-refractivity contribution in [2.75, 3.05) is 6.54 Å². The number of nitrogens with zero attached hydrogens (tertiary/aromatic N) is 1.